The maximum Gasteiger partial charge on any atom is 0.131 e. The Morgan fingerprint density at radius 3 is 2.76 bits per heavy atom. The minimum atomic E-state index is 0.584. The first kappa shape index (κ1) is 11.1. The van der Waals surface area contributed by atoms with Crippen LogP contribution in [-0.2, 0) is 0 Å². The van der Waals surface area contributed by atoms with Gasteiger partial charge in [0.15, 0.2) is 0 Å². The van der Waals surface area contributed by atoms with Gasteiger partial charge < -0.3 is 5.32 Å². The molecule has 2 heterocycles. The number of hydrogen-bond donors (Lipinski definition) is 1. The van der Waals surface area contributed by atoms with Crippen LogP contribution in [0.4, 0.5) is 11.5 Å². The normalized spacial score (nSPS) is 9.71. The van der Waals surface area contributed by atoms with E-state index in [-0.39, 0.29) is 0 Å². The second-order valence-electron chi connectivity index (χ2n) is 3.75. The van der Waals surface area contributed by atoms with E-state index in [4.69, 9.17) is 5.26 Å². The molecular weight excluding hydrogens is 212 g/mol. The number of nitriles is 1. The van der Waals surface area contributed by atoms with Crippen molar-refractivity contribution in [1.29, 1.82) is 5.26 Å². The Morgan fingerprint density at radius 2 is 2.06 bits per heavy atom. The van der Waals surface area contributed by atoms with E-state index in [9.17, 15) is 0 Å². The Kier molecular flexibility index (Phi) is 3.01. The molecule has 1 N–H and O–H groups in total. The standard InChI is InChI=1S/C13H12N4/c1-9-3-4-12(10(2)16-9)17-13-7-11(8-14)5-6-15-13/h3-7H,1-2H3,(H,15,17). The van der Waals surface area contributed by atoms with Crippen molar-refractivity contribution in [3.05, 3.63) is 47.4 Å². The van der Waals surface area contributed by atoms with Crippen LogP contribution in [-0.4, -0.2) is 9.97 Å². The van der Waals surface area contributed by atoms with Crippen molar-refractivity contribution >= 4 is 11.5 Å². The second-order valence-corrected chi connectivity index (χ2v) is 3.75. The number of anilines is 2. The first-order chi connectivity index (χ1) is 8.19. The largest absolute Gasteiger partial charge is 0.339 e. The van der Waals surface area contributed by atoms with Crippen LogP contribution in [0.3, 0.4) is 0 Å². The molecule has 0 aliphatic heterocycles. The van der Waals surface area contributed by atoms with Gasteiger partial charge in [0.05, 0.1) is 23.0 Å². The highest BCUT2D eigenvalue weighted by atomic mass is 15.0. The van der Waals surface area contributed by atoms with Gasteiger partial charge in [0.25, 0.3) is 0 Å². The summed E-state index contributed by atoms with van der Waals surface area (Å²) < 4.78 is 0. The predicted octanol–water partition coefficient (Wildman–Crippen LogP) is 2.71. The van der Waals surface area contributed by atoms with Gasteiger partial charge in [0.2, 0.25) is 0 Å². The van der Waals surface area contributed by atoms with Crippen LogP contribution < -0.4 is 5.32 Å². The van der Waals surface area contributed by atoms with Crippen molar-refractivity contribution < 1.29 is 0 Å². The lowest BCUT2D eigenvalue weighted by Gasteiger charge is -2.08. The average Bonchev–Trinajstić information content (AvgIpc) is 2.33. The van der Waals surface area contributed by atoms with Crippen LogP contribution in [0.5, 0.6) is 0 Å². The molecule has 2 rings (SSSR count). The summed E-state index contributed by atoms with van der Waals surface area (Å²) in [7, 11) is 0. The Bertz CT molecular complexity index is 584. The van der Waals surface area contributed by atoms with Crippen molar-refractivity contribution in [3.63, 3.8) is 0 Å². The number of pyridine rings is 2. The summed E-state index contributed by atoms with van der Waals surface area (Å²) >= 11 is 0. The molecule has 2 aromatic rings. The van der Waals surface area contributed by atoms with Crippen LogP contribution in [0, 0.1) is 25.2 Å². The topological polar surface area (TPSA) is 61.6 Å². The molecule has 0 saturated heterocycles. The van der Waals surface area contributed by atoms with E-state index in [2.05, 4.69) is 21.4 Å². The molecule has 84 valence electrons. The van der Waals surface area contributed by atoms with Crippen molar-refractivity contribution in [1.82, 2.24) is 9.97 Å². The van der Waals surface area contributed by atoms with Crippen molar-refractivity contribution in [2.45, 2.75) is 13.8 Å². The number of aromatic nitrogens is 2. The van der Waals surface area contributed by atoms with Crippen LogP contribution in [0.1, 0.15) is 17.0 Å². The van der Waals surface area contributed by atoms with E-state index in [1.807, 2.05) is 26.0 Å². The number of aryl methyl sites for hydroxylation is 2. The quantitative estimate of drug-likeness (QED) is 0.851. The first-order valence-electron chi connectivity index (χ1n) is 5.26. The molecule has 0 radical (unpaired) electrons. The fourth-order valence-electron chi connectivity index (χ4n) is 1.53. The molecule has 0 fully saturated rings. The summed E-state index contributed by atoms with van der Waals surface area (Å²) in [5.41, 5.74) is 3.37. The van der Waals surface area contributed by atoms with Gasteiger partial charge >= 0.3 is 0 Å². The second kappa shape index (κ2) is 4.62. The zero-order chi connectivity index (χ0) is 12.3. The molecule has 0 aliphatic rings. The fraction of sp³-hybridized carbons (Fsp3) is 0.154. The number of hydrogen-bond acceptors (Lipinski definition) is 4. The van der Waals surface area contributed by atoms with Gasteiger partial charge in [-0.05, 0) is 38.1 Å². The van der Waals surface area contributed by atoms with E-state index in [0.29, 0.717) is 11.4 Å². The maximum absolute atomic E-state index is 8.80. The van der Waals surface area contributed by atoms with Crippen LogP contribution >= 0.6 is 0 Å². The van der Waals surface area contributed by atoms with Crippen molar-refractivity contribution in [2.24, 2.45) is 0 Å². The zero-order valence-electron chi connectivity index (χ0n) is 9.73. The van der Waals surface area contributed by atoms with Gasteiger partial charge in [-0.3, -0.25) is 4.98 Å². The summed E-state index contributed by atoms with van der Waals surface area (Å²) in [5, 5.41) is 12.0. The maximum atomic E-state index is 8.80. The highest BCUT2D eigenvalue weighted by Gasteiger charge is 2.02. The Balaban J connectivity index is 2.28. The van der Waals surface area contributed by atoms with E-state index in [1.54, 1.807) is 18.3 Å². The Morgan fingerprint density at radius 1 is 1.24 bits per heavy atom. The van der Waals surface area contributed by atoms with Gasteiger partial charge in [0, 0.05) is 11.9 Å². The molecule has 0 unspecified atom stereocenters. The molecule has 0 saturated carbocycles. The molecule has 4 nitrogen and oxygen atoms in total. The minimum absolute atomic E-state index is 0.584. The Labute approximate surface area is 100.0 Å². The third-order valence-electron chi connectivity index (χ3n) is 2.38. The number of rotatable bonds is 2. The smallest absolute Gasteiger partial charge is 0.131 e. The van der Waals surface area contributed by atoms with Crippen molar-refractivity contribution in [3.8, 4) is 6.07 Å². The number of nitrogens with one attached hydrogen (secondary N) is 1. The molecule has 0 atom stereocenters. The van der Waals surface area contributed by atoms with E-state index in [1.165, 1.54) is 0 Å². The molecule has 0 amide bonds. The predicted molar refractivity (Wildman–Crippen MR) is 65.9 cm³/mol. The summed E-state index contributed by atoms with van der Waals surface area (Å²) in [6.07, 6.45) is 1.61. The third-order valence-corrected chi connectivity index (χ3v) is 2.38. The lowest BCUT2D eigenvalue weighted by atomic mass is 10.2. The molecule has 4 heteroatoms. The summed E-state index contributed by atoms with van der Waals surface area (Å²) in [4.78, 5) is 8.51. The van der Waals surface area contributed by atoms with E-state index in [0.717, 1.165) is 17.1 Å². The lowest BCUT2D eigenvalue weighted by molar-refractivity contribution is 1.12. The molecule has 2 aromatic heterocycles. The highest BCUT2D eigenvalue weighted by molar-refractivity contribution is 5.59. The molecule has 0 aromatic carbocycles. The van der Waals surface area contributed by atoms with Crippen LogP contribution in [0.25, 0.3) is 0 Å². The lowest BCUT2D eigenvalue weighted by Crippen LogP contribution is -1.98. The van der Waals surface area contributed by atoms with Gasteiger partial charge in [-0.25, -0.2) is 4.98 Å². The van der Waals surface area contributed by atoms with Gasteiger partial charge in [0.1, 0.15) is 5.82 Å². The van der Waals surface area contributed by atoms with Crippen LogP contribution in [0.15, 0.2) is 30.5 Å². The average molecular weight is 224 g/mol. The minimum Gasteiger partial charge on any atom is -0.339 e. The monoisotopic (exact) mass is 224 g/mol. The summed E-state index contributed by atoms with van der Waals surface area (Å²) in [5.74, 6) is 0.651. The SMILES string of the molecule is Cc1ccc(Nc2cc(C#N)ccn2)c(C)n1. The number of nitrogens with zero attached hydrogens (tertiary/aromatic N) is 3. The van der Waals surface area contributed by atoms with Gasteiger partial charge in [-0.2, -0.15) is 5.26 Å². The first-order valence-corrected chi connectivity index (χ1v) is 5.26. The third kappa shape index (κ3) is 2.58. The molecule has 0 bridgehead atoms. The van der Waals surface area contributed by atoms with Gasteiger partial charge in [-0.15, -0.1) is 0 Å². The van der Waals surface area contributed by atoms with E-state index >= 15 is 0 Å². The van der Waals surface area contributed by atoms with Crippen molar-refractivity contribution in [2.75, 3.05) is 5.32 Å². The van der Waals surface area contributed by atoms with Crippen LogP contribution in [0.2, 0.25) is 0 Å². The summed E-state index contributed by atoms with van der Waals surface area (Å²) in [6, 6.07) is 9.35. The molecule has 0 aliphatic carbocycles. The highest BCUT2D eigenvalue weighted by Crippen LogP contribution is 2.18. The fourth-order valence-corrected chi connectivity index (χ4v) is 1.53. The summed E-state index contributed by atoms with van der Waals surface area (Å²) in [6.45, 7) is 3.88. The molecule has 0 spiro atoms. The molecular formula is C13H12N4. The van der Waals surface area contributed by atoms with E-state index < -0.39 is 0 Å². The Hall–Kier alpha value is -2.41. The van der Waals surface area contributed by atoms with Gasteiger partial charge in [-0.1, -0.05) is 0 Å². The molecule has 17 heavy (non-hydrogen) atoms. The zero-order valence-corrected chi connectivity index (χ0v) is 9.73.